The standard InChI is InChI=1S/C44H76NO8P/c1-4-6-8-10-12-14-16-18-20-21-23-24-26-28-30-32-34-36-43(46)50-40-42(41-52-54(48,49)51-39-38-45-3)53-44(47)37-35-33-31-29-27-25-22-19-17-15-13-11-9-7-5-2/h13,15,18-20,22-24,27-30,42,45H,4-12,14,16-17,21,25-26,31-41H2,1-3H3,(H,48,49)/b15-13-,20-18-,22-19-,24-23-,29-27-,30-28-. The maximum absolute atomic E-state index is 12.6. The number of unbranched alkanes of at least 4 members (excludes halogenated alkanes) is 12. The summed E-state index contributed by atoms with van der Waals surface area (Å²) in [4.78, 5) is 35.0. The van der Waals surface area contributed by atoms with E-state index in [1.807, 2.05) is 0 Å². The average molecular weight is 778 g/mol. The third-order valence-corrected chi connectivity index (χ3v) is 9.28. The topological polar surface area (TPSA) is 120 Å². The van der Waals surface area contributed by atoms with Crippen LogP contribution in [0.5, 0.6) is 0 Å². The van der Waals surface area contributed by atoms with Crippen molar-refractivity contribution in [3.63, 3.8) is 0 Å². The fourth-order valence-corrected chi connectivity index (χ4v) is 5.85. The molecule has 2 N–H and O–H groups in total. The van der Waals surface area contributed by atoms with Crippen molar-refractivity contribution in [2.75, 3.05) is 33.4 Å². The maximum atomic E-state index is 12.6. The van der Waals surface area contributed by atoms with Gasteiger partial charge in [0.15, 0.2) is 6.10 Å². The minimum Gasteiger partial charge on any atom is -0.462 e. The lowest BCUT2D eigenvalue weighted by atomic mass is 10.1. The summed E-state index contributed by atoms with van der Waals surface area (Å²) in [5.41, 5.74) is 0. The van der Waals surface area contributed by atoms with Crippen LogP contribution in [0.4, 0.5) is 0 Å². The molecule has 0 aliphatic carbocycles. The predicted molar refractivity (Wildman–Crippen MR) is 224 cm³/mol. The molecule has 0 aromatic rings. The van der Waals surface area contributed by atoms with Gasteiger partial charge in [-0.2, -0.15) is 0 Å². The van der Waals surface area contributed by atoms with Gasteiger partial charge in [-0.3, -0.25) is 18.6 Å². The zero-order valence-electron chi connectivity index (χ0n) is 34.1. The largest absolute Gasteiger partial charge is 0.472 e. The van der Waals surface area contributed by atoms with Crippen molar-refractivity contribution in [1.82, 2.24) is 5.32 Å². The minimum absolute atomic E-state index is 0.0353. The first-order valence-corrected chi connectivity index (χ1v) is 22.4. The number of ether oxygens (including phenoxy) is 2. The fourth-order valence-electron chi connectivity index (χ4n) is 5.10. The smallest absolute Gasteiger partial charge is 0.462 e. The number of hydrogen-bond donors (Lipinski definition) is 2. The molecule has 0 rings (SSSR count). The van der Waals surface area contributed by atoms with Crippen molar-refractivity contribution in [3.05, 3.63) is 72.9 Å². The van der Waals surface area contributed by atoms with E-state index in [9.17, 15) is 19.0 Å². The predicted octanol–water partition coefficient (Wildman–Crippen LogP) is 11.8. The van der Waals surface area contributed by atoms with E-state index in [0.717, 1.165) is 57.8 Å². The van der Waals surface area contributed by atoms with Gasteiger partial charge < -0.3 is 19.7 Å². The van der Waals surface area contributed by atoms with E-state index in [1.165, 1.54) is 57.8 Å². The second kappa shape index (κ2) is 40.1. The molecule has 0 bridgehead atoms. The van der Waals surface area contributed by atoms with Crippen LogP contribution in [0.1, 0.15) is 155 Å². The Morgan fingerprint density at radius 2 is 1.02 bits per heavy atom. The lowest BCUT2D eigenvalue weighted by Gasteiger charge is -2.20. The molecule has 0 saturated heterocycles. The number of esters is 2. The highest BCUT2D eigenvalue weighted by atomic mass is 31.2. The Labute approximate surface area is 329 Å². The molecule has 10 heteroatoms. The number of phosphoric ester groups is 1. The molecule has 0 radical (unpaired) electrons. The highest BCUT2D eigenvalue weighted by molar-refractivity contribution is 7.47. The summed E-state index contributed by atoms with van der Waals surface area (Å²) in [5, 5.41) is 2.81. The molecular weight excluding hydrogens is 701 g/mol. The third-order valence-electron chi connectivity index (χ3n) is 8.30. The Morgan fingerprint density at radius 1 is 0.574 bits per heavy atom. The molecular formula is C44H76NO8P. The summed E-state index contributed by atoms with van der Waals surface area (Å²) in [6.07, 6.45) is 46.7. The molecule has 0 aliphatic rings. The summed E-state index contributed by atoms with van der Waals surface area (Å²) >= 11 is 0. The van der Waals surface area contributed by atoms with Crippen molar-refractivity contribution in [2.45, 2.75) is 161 Å². The van der Waals surface area contributed by atoms with Gasteiger partial charge in [0.25, 0.3) is 0 Å². The van der Waals surface area contributed by atoms with Crippen LogP contribution in [0.2, 0.25) is 0 Å². The van der Waals surface area contributed by atoms with E-state index in [2.05, 4.69) is 92.1 Å². The monoisotopic (exact) mass is 778 g/mol. The number of carbonyl (C=O) groups excluding carboxylic acids is 2. The molecule has 0 aromatic carbocycles. The van der Waals surface area contributed by atoms with Crippen molar-refractivity contribution in [2.24, 2.45) is 0 Å². The SMILES string of the molecule is CCCCC/C=C\C/C=C\C/C=C\CCCCC(=O)OC(COC(=O)CCC/C=C\C/C=C\C/C=C\CCCCCCCC)COP(=O)(O)OCCNC. The number of allylic oxidation sites excluding steroid dienone is 12. The quantitative estimate of drug-likeness (QED) is 0.0273. The molecule has 54 heavy (non-hydrogen) atoms. The highest BCUT2D eigenvalue weighted by Crippen LogP contribution is 2.43. The molecule has 0 amide bonds. The van der Waals surface area contributed by atoms with E-state index < -0.39 is 32.5 Å². The van der Waals surface area contributed by atoms with Crippen LogP contribution in [0.15, 0.2) is 72.9 Å². The van der Waals surface area contributed by atoms with Crippen molar-refractivity contribution < 1.29 is 37.6 Å². The first-order chi connectivity index (χ1) is 26.3. The average Bonchev–Trinajstić information content (AvgIpc) is 3.15. The van der Waals surface area contributed by atoms with E-state index in [4.69, 9.17) is 18.5 Å². The number of carbonyl (C=O) groups is 2. The number of rotatable bonds is 38. The van der Waals surface area contributed by atoms with Crippen LogP contribution < -0.4 is 5.32 Å². The van der Waals surface area contributed by atoms with Gasteiger partial charge >= 0.3 is 19.8 Å². The van der Waals surface area contributed by atoms with Crippen LogP contribution in [0.3, 0.4) is 0 Å². The highest BCUT2D eigenvalue weighted by Gasteiger charge is 2.26. The summed E-state index contributed by atoms with van der Waals surface area (Å²) in [6.45, 7) is 4.06. The van der Waals surface area contributed by atoms with Gasteiger partial charge in [-0.05, 0) is 90.5 Å². The lowest BCUT2D eigenvalue weighted by molar-refractivity contribution is -0.161. The van der Waals surface area contributed by atoms with Gasteiger partial charge in [0.2, 0.25) is 0 Å². The van der Waals surface area contributed by atoms with Crippen molar-refractivity contribution >= 4 is 19.8 Å². The normalized spacial score (nSPS) is 14.1. The van der Waals surface area contributed by atoms with Crippen molar-refractivity contribution in [1.29, 1.82) is 0 Å². The van der Waals surface area contributed by atoms with Gasteiger partial charge in [-0.25, -0.2) is 4.57 Å². The molecule has 0 aromatic heterocycles. The second-order valence-corrected chi connectivity index (χ2v) is 14.9. The van der Waals surface area contributed by atoms with Crippen LogP contribution in [-0.2, 0) is 32.7 Å². The van der Waals surface area contributed by atoms with Crippen molar-refractivity contribution in [3.8, 4) is 0 Å². The van der Waals surface area contributed by atoms with Crippen LogP contribution >= 0.6 is 7.82 Å². The van der Waals surface area contributed by atoms with E-state index >= 15 is 0 Å². The lowest BCUT2D eigenvalue weighted by Crippen LogP contribution is -2.29. The van der Waals surface area contributed by atoms with Crippen LogP contribution in [-0.4, -0.2) is 56.3 Å². The van der Waals surface area contributed by atoms with Gasteiger partial charge in [-0.1, -0.05) is 132 Å². The van der Waals surface area contributed by atoms with E-state index in [0.29, 0.717) is 19.4 Å². The molecule has 2 unspecified atom stereocenters. The fraction of sp³-hybridized carbons (Fsp3) is 0.682. The van der Waals surface area contributed by atoms with Gasteiger partial charge in [0.1, 0.15) is 6.61 Å². The Kier molecular flexibility index (Phi) is 38.2. The molecule has 0 saturated carbocycles. The molecule has 0 aliphatic heterocycles. The van der Waals surface area contributed by atoms with Gasteiger partial charge in [-0.15, -0.1) is 0 Å². The Morgan fingerprint density at radius 3 is 1.57 bits per heavy atom. The van der Waals surface area contributed by atoms with E-state index in [-0.39, 0.29) is 26.1 Å². The second-order valence-electron chi connectivity index (χ2n) is 13.5. The van der Waals surface area contributed by atoms with E-state index in [1.54, 1.807) is 7.05 Å². The Hall–Kier alpha value is -2.55. The Bertz CT molecular complexity index is 1110. The molecule has 0 fully saturated rings. The van der Waals surface area contributed by atoms with Crippen LogP contribution in [0, 0.1) is 0 Å². The Balaban J connectivity index is 4.42. The zero-order valence-corrected chi connectivity index (χ0v) is 35.0. The summed E-state index contributed by atoms with van der Waals surface area (Å²) in [7, 11) is -2.68. The number of likely N-dealkylation sites (N-methyl/N-ethyl adjacent to an activating group) is 1. The molecule has 0 heterocycles. The molecule has 9 nitrogen and oxygen atoms in total. The zero-order chi connectivity index (χ0) is 39.6. The summed E-state index contributed by atoms with van der Waals surface area (Å²) < 4.78 is 33.0. The number of nitrogens with one attached hydrogen (secondary N) is 1. The van der Waals surface area contributed by atoms with Gasteiger partial charge in [0, 0.05) is 19.4 Å². The van der Waals surface area contributed by atoms with Crippen LogP contribution in [0.25, 0.3) is 0 Å². The molecule has 0 spiro atoms. The molecule has 310 valence electrons. The third kappa shape index (κ3) is 39.2. The molecule has 2 atom stereocenters. The summed E-state index contributed by atoms with van der Waals surface area (Å²) in [5.74, 6) is -0.920. The summed E-state index contributed by atoms with van der Waals surface area (Å²) in [6, 6.07) is 0. The van der Waals surface area contributed by atoms with Gasteiger partial charge in [0.05, 0.1) is 13.2 Å². The maximum Gasteiger partial charge on any atom is 0.472 e. The number of phosphoric acid groups is 1. The first-order valence-electron chi connectivity index (χ1n) is 20.9. The number of hydrogen-bond acceptors (Lipinski definition) is 8. The first kappa shape index (κ1) is 51.5. The minimum atomic E-state index is -4.37.